The Bertz CT molecular complexity index is 1150. The molecule has 0 spiro atoms. The van der Waals surface area contributed by atoms with Gasteiger partial charge in [-0.2, -0.15) is 5.10 Å². The third-order valence-electron chi connectivity index (χ3n) is 5.67. The highest BCUT2D eigenvalue weighted by Gasteiger charge is 2.55. The minimum absolute atomic E-state index is 0.0903. The van der Waals surface area contributed by atoms with Crippen molar-refractivity contribution in [3.8, 4) is 0 Å². The molecular weight excluding hydrogens is 400 g/mol. The van der Waals surface area contributed by atoms with Crippen molar-refractivity contribution in [1.29, 1.82) is 0 Å². The number of hydrogen-bond donors (Lipinski definition) is 1. The highest BCUT2D eigenvalue weighted by Crippen LogP contribution is 2.29. The van der Waals surface area contributed by atoms with Crippen molar-refractivity contribution in [3.05, 3.63) is 71.3 Å². The van der Waals surface area contributed by atoms with E-state index in [9.17, 15) is 24.0 Å². The quantitative estimate of drug-likeness (QED) is 0.704. The van der Waals surface area contributed by atoms with E-state index in [2.05, 4.69) is 10.5 Å². The summed E-state index contributed by atoms with van der Waals surface area (Å²) in [5, 5.41) is 3.90. The molecule has 0 saturated carbocycles. The molecule has 1 fully saturated rings. The maximum atomic E-state index is 12.9. The van der Waals surface area contributed by atoms with Crippen LogP contribution in [0.25, 0.3) is 0 Å². The van der Waals surface area contributed by atoms with Crippen LogP contribution in [-0.4, -0.2) is 57.5 Å². The Morgan fingerprint density at radius 2 is 1.45 bits per heavy atom. The van der Waals surface area contributed by atoms with Gasteiger partial charge in [-0.05, 0) is 17.7 Å². The van der Waals surface area contributed by atoms with E-state index < -0.39 is 47.9 Å². The van der Waals surface area contributed by atoms with Crippen LogP contribution in [0.4, 0.5) is 0 Å². The molecule has 0 bridgehead atoms. The summed E-state index contributed by atoms with van der Waals surface area (Å²) in [6, 6.07) is 14.4. The summed E-state index contributed by atoms with van der Waals surface area (Å²) in [6.07, 6.45) is 0. The lowest BCUT2D eigenvalue weighted by molar-refractivity contribution is -0.140. The normalized spacial score (nSPS) is 21.9. The number of amides is 4. The highest BCUT2D eigenvalue weighted by atomic mass is 16.2. The van der Waals surface area contributed by atoms with E-state index in [1.165, 1.54) is 12.1 Å². The van der Waals surface area contributed by atoms with E-state index in [4.69, 9.17) is 0 Å². The molecule has 3 heterocycles. The minimum Gasteiger partial charge on any atom is -0.296 e. The second kappa shape index (κ2) is 6.98. The van der Waals surface area contributed by atoms with E-state index in [1.807, 2.05) is 6.07 Å². The topological polar surface area (TPSA) is 116 Å². The Hall–Kier alpha value is -4.14. The summed E-state index contributed by atoms with van der Waals surface area (Å²) < 4.78 is 0. The second-order valence-corrected chi connectivity index (χ2v) is 7.49. The Balaban J connectivity index is 1.34. The Labute approximate surface area is 176 Å². The molecule has 154 valence electrons. The highest BCUT2D eigenvalue weighted by molar-refractivity contribution is 6.47. The number of rotatable bonds is 5. The fraction of sp³-hybridized carbons (Fsp3) is 0.182. The maximum absolute atomic E-state index is 12.9. The number of imide groups is 2. The summed E-state index contributed by atoms with van der Waals surface area (Å²) in [6.45, 7) is -0.455. The molecule has 2 aromatic rings. The van der Waals surface area contributed by atoms with Crippen molar-refractivity contribution in [3.63, 3.8) is 0 Å². The molecule has 3 aliphatic rings. The molecule has 4 amide bonds. The molecular formula is C22H16N4O5. The Morgan fingerprint density at radius 3 is 2.10 bits per heavy atom. The lowest BCUT2D eigenvalue weighted by Crippen LogP contribution is -2.41. The van der Waals surface area contributed by atoms with E-state index >= 15 is 0 Å². The lowest BCUT2D eigenvalue weighted by Gasteiger charge is -2.16. The number of fused-ring (bicyclic) bond motifs is 2. The van der Waals surface area contributed by atoms with Crippen molar-refractivity contribution < 1.29 is 24.0 Å². The number of hydrazone groups is 1. The number of carbonyl (C=O) groups is 5. The fourth-order valence-corrected chi connectivity index (χ4v) is 4.11. The first kappa shape index (κ1) is 18.9. The van der Waals surface area contributed by atoms with Gasteiger partial charge in [-0.3, -0.25) is 39.2 Å². The van der Waals surface area contributed by atoms with Gasteiger partial charge < -0.3 is 0 Å². The summed E-state index contributed by atoms with van der Waals surface area (Å²) in [4.78, 5) is 65.5. The molecule has 1 N–H and O–H groups in total. The fourth-order valence-electron chi connectivity index (χ4n) is 4.11. The van der Waals surface area contributed by atoms with Crippen LogP contribution in [0.2, 0.25) is 0 Å². The minimum atomic E-state index is -1.07. The van der Waals surface area contributed by atoms with Crippen LogP contribution >= 0.6 is 0 Å². The van der Waals surface area contributed by atoms with E-state index in [0.29, 0.717) is 0 Å². The van der Waals surface area contributed by atoms with Gasteiger partial charge >= 0.3 is 0 Å². The summed E-state index contributed by atoms with van der Waals surface area (Å²) in [7, 11) is 0. The van der Waals surface area contributed by atoms with Gasteiger partial charge in [0.2, 0.25) is 5.91 Å². The largest absolute Gasteiger partial charge is 0.296 e. The Morgan fingerprint density at radius 1 is 0.839 bits per heavy atom. The van der Waals surface area contributed by atoms with Gasteiger partial charge in [-0.1, -0.05) is 42.5 Å². The monoisotopic (exact) mass is 416 g/mol. The van der Waals surface area contributed by atoms with Crippen LogP contribution in [0.15, 0.2) is 59.7 Å². The number of likely N-dealkylation sites (tertiary alicyclic amines) is 1. The first-order valence-electron chi connectivity index (χ1n) is 9.68. The predicted molar refractivity (Wildman–Crippen MR) is 107 cm³/mol. The molecule has 2 unspecified atom stereocenters. The number of nitrogens with zero attached hydrogens (tertiary/aromatic N) is 3. The number of benzene rings is 2. The van der Waals surface area contributed by atoms with E-state index in [0.717, 1.165) is 15.4 Å². The zero-order valence-electron chi connectivity index (χ0n) is 16.1. The van der Waals surface area contributed by atoms with Crippen LogP contribution in [0.1, 0.15) is 26.3 Å². The summed E-state index contributed by atoms with van der Waals surface area (Å²) >= 11 is 0. The van der Waals surface area contributed by atoms with Crippen molar-refractivity contribution in [1.82, 2.24) is 15.2 Å². The van der Waals surface area contributed by atoms with E-state index in [1.54, 1.807) is 36.4 Å². The molecule has 3 aliphatic heterocycles. The molecule has 9 nitrogen and oxygen atoms in total. The molecule has 0 aromatic heterocycles. The van der Waals surface area contributed by atoms with Crippen LogP contribution in [0.5, 0.6) is 0 Å². The number of carbonyl (C=O) groups excluding carboxylic acids is 5. The molecule has 5 rings (SSSR count). The predicted octanol–water partition coefficient (Wildman–Crippen LogP) is 0.365. The third kappa shape index (κ3) is 2.85. The van der Waals surface area contributed by atoms with Gasteiger partial charge in [0.15, 0.2) is 5.78 Å². The average Bonchev–Trinajstić information content (AvgIpc) is 3.40. The number of hydrogen-bond acceptors (Lipinski definition) is 7. The average molecular weight is 416 g/mol. The smallest absolute Gasteiger partial charge is 0.261 e. The number of Topliss-reactive ketones (excluding diaryl/α,β-unsaturated/α-hetero) is 1. The SMILES string of the molecule is O=C(CN1C(=O)c2ccccc2C1=O)C1=NNC2C(=O)N(Cc3ccccc3)C(=O)C12. The van der Waals surface area contributed by atoms with Gasteiger partial charge in [-0.25, -0.2) is 0 Å². The van der Waals surface area contributed by atoms with Gasteiger partial charge in [0.05, 0.1) is 24.2 Å². The molecule has 1 saturated heterocycles. The van der Waals surface area contributed by atoms with Crippen LogP contribution in [0, 0.1) is 5.92 Å². The summed E-state index contributed by atoms with van der Waals surface area (Å²) in [5.41, 5.74) is 3.67. The van der Waals surface area contributed by atoms with Crippen LogP contribution in [-0.2, 0) is 20.9 Å². The Kier molecular flexibility index (Phi) is 4.25. The van der Waals surface area contributed by atoms with Gasteiger partial charge in [0, 0.05) is 0 Å². The molecule has 9 heteroatoms. The second-order valence-electron chi connectivity index (χ2n) is 7.49. The van der Waals surface area contributed by atoms with Gasteiger partial charge in [0.25, 0.3) is 17.7 Å². The maximum Gasteiger partial charge on any atom is 0.261 e. The first-order chi connectivity index (χ1) is 15.0. The van der Waals surface area contributed by atoms with Gasteiger partial charge in [-0.15, -0.1) is 0 Å². The number of nitrogens with one attached hydrogen (secondary N) is 1. The van der Waals surface area contributed by atoms with Crippen molar-refractivity contribution >= 4 is 35.1 Å². The lowest BCUT2D eigenvalue weighted by atomic mass is 9.95. The molecule has 31 heavy (non-hydrogen) atoms. The third-order valence-corrected chi connectivity index (χ3v) is 5.67. The summed E-state index contributed by atoms with van der Waals surface area (Å²) in [5.74, 6) is -3.87. The van der Waals surface area contributed by atoms with Gasteiger partial charge in [0.1, 0.15) is 17.7 Å². The molecule has 0 aliphatic carbocycles. The van der Waals surface area contributed by atoms with Crippen LogP contribution < -0.4 is 5.43 Å². The van der Waals surface area contributed by atoms with Crippen molar-refractivity contribution in [2.75, 3.05) is 6.54 Å². The standard InChI is InChI=1S/C22H16N4O5/c27-15(11-26-19(28)13-8-4-5-9-14(13)20(26)29)17-16-18(24-23-17)22(31)25(21(16)30)10-12-6-2-1-3-7-12/h1-9,16,18,24H,10-11H2. The first-order valence-corrected chi connectivity index (χ1v) is 9.68. The van der Waals surface area contributed by atoms with E-state index in [-0.39, 0.29) is 23.4 Å². The molecule has 0 radical (unpaired) electrons. The number of ketones is 1. The zero-order valence-corrected chi connectivity index (χ0v) is 16.1. The molecule has 2 atom stereocenters. The molecule has 2 aromatic carbocycles. The van der Waals surface area contributed by atoms with Crippen molar-refractivity contribution in [2.24, 2.45) is 11.0 Å². The van der Waals surface area contributed by atoms with Crippen LogP contribution in [0.3, 0.4) is 0 Å². The zero-order chi connectivity index (χ0) is 21.7. The van der Waals surface area contributed by atoms with Crippen molar-refractivity contribution in [2.45, 2.75) is 12.6 Å².